The smallest absolute Gasteiger partial charge is 0.0281 e. The third-order valence-corrected chi connectivity index (χ3v) is 3.43. The first-order valence-corrected chi connectivity index (χ1v) is 6.07. The molecule has 1 atom stereocenters. The Morgan fingerprint density at radius 2 is 2.33 bits per heavy atom. The molecular weight excluding hydrogens is 204 g/mol. The van der Waals surface area contributed by atoms with Gasteiger partial charge in [0.25, 0.3) is 0 Å². The molecule has 1 unspecified atom stereocenters. The Bertz CT molecular complexity index is 401. The van der Waals surface area contributed by atoms with Crippen LogP contribution in [0.25, 0.3) is 0 Å². The van der Waals surface area contributed by atoms with Gasteiger partial charge < -0.3 is 10.3 Å². The summed E-state index contributed by atoms with van der Waals surface area (Å²) in [6.07, 6.45) is 5.34. The topological polar surface area (TPSA) is 30.9 Å². The van der Waals surface area contributed by atoms with E-state index in [1.54, 1.807) is 0 Å². The van der Waals surface area contributed by atoms with Gasteiger partial charge in [-0.15, -0.1) is 11.3 Å². The molecule has 0 bridgehead atoms. The summed E-state index contributed by atoms with van der Waals surface area (Å²) in [5, 5.41) is 2.12. The zero-order chi connectivity index (χ0) is 10.7. The number of nitrogens with zero attached hydrogens (tertiary/aromatic N) is 1. The second kappa shape index (κ2) is 4.64. The molecule has 0 aliphatic carbocycles. The summed E-state index contributed by atoms with van der Waals surface area (Å²) in [5.41, 5.74) is 7.02. The highest BCUT2D eigenvalue weighted by atomic mass is 32.1. The van der Waals surface area contributed by atoms with Crippen LogP contribution in [0.15, 0.2) is 36.0 Å². The van der Waals surface area contributed by atoms with Crippen LogP contribution in [0.3, 0.4) is 0 Å². The van der Waals surface area contributed by atoms with Gasteiger partial charge in [-0.3, -0.25) is 0 Å². The van der Waals surface area contributed by atoms with Gasteiger partial charge in [0, 0.05) is 29.9 Å². The Morgan fingerprint density at radius 1 is 1.47 bits per heavy atom. The maximum Gasteiger partial charge on any atom is 0.0281 e. The van der Waals surface area contributed by atoms with Crippen LogP contribution in [0.5, 0.6) is 0 Å². The molecule has 2 heterocycles. The summed E-state index contributed by atoms with van der Waals surface area (Å²) < 4.78 is 2.21. The molecule has 0 saturated carbocycles. The molecule has 0 fully saturated rings. The molecule has 0 spiro atoms. The minimum Gasteiger partial charge on any atom is -0.354 e. The minimum atomic E-state index is 0.132. The number of hydrogen-bond acceptors (Lipinski definition) is 2. The highest BCUT2D eigenvalue weighted by Crippen LogP contribution is 2.13. The van der Waals surface area contributed by atoms with E-state index in [-0.39, 0.29) is 6.04 Å². The Balaban J connectivity index is 1.94. The monoisotopic (exact) mass is 220 g/mol. The van der Waals surface area contributed by atoms with Gasteiger partial charge in [0.2, 0.25) is 0 Å². The van der Waals surface area contributed by atoms with Crippen LogP contribution in [-0.4, -0.2) is 4.57 Å². The van der Waals surface area contributed by atoms with E-state index in [1.165, 1.54) is 10.4 Å². The van der Waals surface area contributed by atoms with Gasteiger partial charge in [0.1, 0.15) is 0 Å². The zero-order valence-electron chi connectivity index (χ0n) is 8.89. The van der Waals surface area contributed by atoms with Gasteiger partial charge in [-0.2, -0.15) is 0 Å². The minimum absolute atomic E-state index is 0.132. The summed E-state index contributed by atoms with van der Waals surface area (Å²) in [6, 6.07) is 6.51. The predicted molar refractivity (Wildman–Crippen MR) is 65.1 cm³/mol. The van der Waals surface area contributed by atoms with Gasteiger partial charge in [-0.25, -0.2) is 0 Å². The Morgan fingerprint density at radius 3 is 2.93 bits per heavy atom. The van der Waals surface area contributed by atoms with Gasteiger partial charge in [0.15, 0.2) is 0 Å². The van der Waals surface area contributed by atoms with E-state index >= 15 is 0 Å². The van der Waals surface area contributed by atoms with Crippen molar-refractivity contribution in [2.24, 2.45) is 5.73 Å². The Labute approximate surface area is 94.3 Å². The molecule has 0 aliphatic heterocycles. The fourth-order valence-electron chi connectivity index (χ4n) is 1.56. The molecule has 0 aliphatic rings. The maximum absolute atomic E-state index is 5.81. The third kappa shape index (κ3) is 2.70. The van der Waals surface area contributed by atoms with E-state index in [0.717, 1.165) is 13.0 Å². The van der Waals surface area contributed by atoms with Crippen molar-refractivity contribution in [3.8, 4) is 0 Å². The fraction of sp³-hybridized carbons (Fsp3) is 0.333. The lowest BCUT2D eigenvalue weighted by Crippen LogP contribution is -2.04. The standard InChI is InChI=1S/C12H16N2S/c1-10(13)11-4-6-14(9-11)7-5-12-3-2-8-15-12/h2-4,6,8-10H,5,7,13H2,1H3. The van der Waals surface area contributed by atoms with Crippen LogP contribution in [0.2, 0.25) is 0 Å². The number of nitrogens with two attached hydrogens (primary N) is 1. The van der Waals surface area contributed by atoms with E-state index in [4.69, 9.17) is 5.73 Å². The molecule has 2 N–H and O–H groups in total. The average Bonchev–Trinajstić information content (AvgIpc) is 2.86. The van der Waals surface area contributed by atoms with Crippen LogP contribution >= 0.6 is 11.3 Å². The highest BCUT2D eigenvalue weighted by Gasteiger charge is 2.01. The zero-order valence-corrected chi connectivity index (χ0v) is 9.70. The Kier molecular flexibility index (Phi) is 3.23. The highest BCUT2D eigenvalue weighted by molar-refractivity contribution is 7.09. The second-order valence-electron chi connectivity index (χ2n) is 3.80. The van der Waals surface area contributed by atoms with Crippen LogP contribution in [-0.2, 0) is 13.0 Å². The lowest BCUT2D eigenvalue weighted by molar-refractivity contribution is 0.700. The number of aryl methyl sites for hydroxylation is 2. The quantitative estimate of drug-likeness (QED) is 0.844. The first-order valence-electron chi connectivity index (χ1n) is 5.19. The summed E-state index contributed by atoms with van der Waals surface area (Å²) in [7, 11) is 0. The van der Waals surface area contributed by atoms with Gasteiger partial charge in [0.05, 0.1) is 0 Å². The molecule has 2 aromatic rings. The van der Waals surface area contributed by atoms with Crippen molar-refractivity contribution in [2.75, 3.05) is 0 Å². The molecule has 2 rings (SSSR count). The molecule has 15 heavy (non-hydrogen) atoms. The van der Waals surface area contributed by atoms with Crippen molar-refractivity contribution >= 4 is 11.3 Å². The van der Waals surface area contributed by atoms with Gasteiger partial charge in [-0.05, 0) is 36.4 Å². The van der Waals surface area contributed by atoms with Crippen LogP contribution in [0.4, 0.5) is 0 Å². The van der Waals surface area contributed by atoms with E-state index in [9.17, 15) is 0 Å². The molecule has 2 nitrogen and oxygen atoms in total. The Hall–Kier alpha value is -1.06. The van der Waals surface area contributed by atoms with Crippen molar-refractivity contribution < 1.29 is 0 Å². The number of rotatable bonds is 4. The van der Waals surface area contributed by atoms with Crippen molar-refractivity contribution in [3.63, 3.8) is 0 Å². The fourth-order valence-corrected chi connectivity index (χ4v) is 2.26. The molecule has 0 aromatic carbocycles. The molecule has 3 heteroatoms. The van der Waals surface area contributed by atoms with E-state index in [0.29, 0.717) is 0 Å². The summed E-state index contributed by atoms with van der Waals surface area (Å²) in [6.45, 7) is 3.05. The lowest BCUT2D eigenvalue weighted by Gasteiger charge is -2.02. The molecule has 0 radical (unpaired) electrons. The van der Waals surface area contributed by atoms with Gasteiger partial charge in [-0.1, -0.05) is 6.07 Å². The molecule has 2 aromatic heterocycles. The first-order chi connectivity index (χ1) is 7.25. The van der Waals surface area contributed by atoms with Crippen LogP contribution in [0, 0.1) is 0 Å². The second-order valence-corrected chi connectivity index (χ2v) is 4.83. The molecule has 0 saturated heterocycles. The van der Waals surface area contributed by atoms with E-state index in [1.807, 2.05) is 18.3 Å². The predicted octanol–water partition coefficient (Wildman–Crippen LogP) is 2.81. The van der Waals surface area contributed by atoms with E-state index < -0.39 is 0 Å². The van der Waals surface area contributed by atoms with Crippen LogP contribution < -0.4 is 5.73 Å². The molecule has 80 valence electrons. The van der Waals surface area contributed by atoms with E-state index in [2.05, 4.69) is 40.5 Å². The summed E-state index contributed by atoms with van der Waals surface area (Å²) >= 11 is 1.82. The van der Waals surface area contributed by atoms with Crippen molar-refractivity contribution in [1.82, 2.24) is 4.57 Å². The molecular formula is C12H16N2S. The third-order valence-electron chi connectivity index (χ3n) is 2.50. The van der Waals surface area contributed by atoms with Crippen molar-refractivity contribution in [3.05, 3.63) is 46.4 Å². The van der Waals surface area contributed by atoms with Crippen molar-refractivity contribution in [2.45, 2.75) is 25.9 Å². The number of thiophene rings is 1. The lowest BCUT2D eigenvalue weighted by atomic mass is 10.2. The summed E-state index contributed by atoms with van der Waals surface area (Å²) in [4.78, 5) is 1.44. The van der Waals surface area contributed by atoms with Gasteiger partial charge >= 0.3 is 0 Å². The van der Waals surface area contributed by atoms with Crippen LogP contribution in [0.1, 0.15) is 23.4 Å². The number of aromatic nitrogens is 1. The summed E-state index contributed by atoms with van der Waals surface area (Å²) in [5.74, 6) is 0. The van der Waals surface area contributed by atoms with Crippen molar-refractivity contribution in [1.29, 1.82) is 0 Å². The largest absolute Gasteiger partial charge is 0.354 e. The number of hydrogen-bond donors (Lipinski definition) is 1. The average molecular weight is 220 g/mol. The maximum atomic E-state index is 5.81. The molecule has 0 amide bonds. The first kappa shape index (κ1) is 10.5. The normalized spacial score (nSPS) is 12.9. The SMILES string of the molecule is CC(N)c1ccn(CCc2cccs2)c1.